The summed E-state index contributed by atoms with van der Waals surface area (Å²) in [6.07, 6.45) is 2.11. The first kappa shape index (κ1) is 20.6. The van der Waals surface area contributed by atoms with Crippen molar-refractivity contribution in [2.24, 2.45) is 5.92 Å². The summed E-state index contributed by atoms with van der Waals surface area (Å²) in [6.45, 7) is 6.79. The summed E-state index contributed by atoms with van der Waals surface area (Å²) in [5, 5.41) is 14.7. The van der Waals surface area contributed by atoms with Crippen LogP contribution >= 0.6 is 11.6 Å². The molecule has 2 aliphatic heterocycles. The average molecular weight is 450 g/mol. The number of nitrogens with zero attached hydrogens (tertiary/aromatic N) is 2. The molecule has 2 aliphatic rings. The van der Waals surface area contributed by atoms with Gasteiger partial charge in [0.15, 0.2) is 0 Å². The van der Waals surface area contributed by atoms with Crippen molar-refractivity contribution in [2.75, 3.05) is 11.9 Å². The fourth-order valence-corrected chi connectivity index (χ4v) is 5.06. The first-order valence-corrected chi connectivity index (χ1v) is 11.1. The lowest BCUT2D eigenvalue weighted by Crippen LogP contribution is -2.33. The zero-order valence-corrected chi connectivity index (χ0v) is 18.9. The van der Waals surface area contributed by atoms with Gasteiger partial charge in [0.05, 0.1) is 22.7 Å². The quantitative estimate of drug-likeness (QED) is 0.599. The lowest BCUT2D eigenvalue weighted by atomic mass is 9.84. The molecule has 5 rings (SSSR count). The molecule has 3 aromatic rings. The van der Waals surface area contributed by atoms with Gasteiger partial charge in [-0.1, -0.05) is 37.6 Å². The van der Waals surface area contributed by atoms with E-state index >= 15 is 0 Å². The van der Waals surface area contributed by atoms with E-state index in [-0.39, 0.29) is 29.1 Å². The van der Waals surface area contributed by atoms with Gasteiger partial charge in [-0.2, -0.15) is 0 Å². The first-order chi connectivity index (χ1) is 15.3. The topological polar surface area (TPSA) is 74.6 Å². The number of aromatic hydroxyl groups is 1. The third-order valence-electron chi connectivity index (χ3n) is 6.18. The minimum absolute atomic E-state index is 0.0117. The summed E-state index contributed by atoms with van der Waals surface area (Å²) in [5.41, 5.74) is 5.04. The average Bonchev–Trinajstić information content (AvgIpc) is 3.19. The lowest BCUT2D eigenvalue weighted by Gasteiger charge is -2.20. The number of anilines is 1. The monoisotopic (exact) mass is 449 g/mol. The second-order valence-electron chi connectivity index (χ2n) is 8.90. The standard InChI is InChI=1S/C25H24ClN3O3/c1-13(2)10-28-11-16-22(15-7-8-21(31)17(26)9-15)24-19(12-29(14(3)30)25(24)32)27-18-5-4-6-20(28)23(16)18/h4-9,11,13,22,27,31H,10,12H2,1-3H3. The van der Waals surface area contributed by atoms with Crippen LogP contribution in [0.15, 0.2) is 53.9 Å². The van der Waals surface area contributed by atoms with Crippen molar-refractivity contribution in [1.29, 1.82) is 0 Å². The molecule has 1 aromatic heterocycles. The molecular weight excluding hydrogens is 426 g/mol. The Bertz CT molecular complexity index is 1320. The molecule has 0 bridgehead atoms. The van der Waals surface area contributed by atoms with Crippen molar-refractivity contribution in [3.05, 3.63) is 70.0 Å². The molecule has 2 N–H and O–H groups in total. The number of rotatable bonds is 3. The first-order valence-electron chi connectivity index (χ1n) is 10.7. The van der Waals surface area contributed by atoms with Gasteiger partial charge in [0.1, 0.15) is 5.75 Å². The minimum atomic E-state index is -0.424. The number of halogens is 1. The predicted molar refractivity (Wildman–Crippen MR) is 125 cm³/mol. The number of nitrogens with one attached hydrogen (secondary N) is 1. The Kier molecular flexibility index (Phi) is 4.78. The minimum Gasteiger partial charge on any atom is -0.506 e. The molecule has 0 spiro atoms. The van der Waals surface area contributed by atoms with E-state index < -0.39 is 5.92 Å². The van der Waals surface area contributed by atoms with E-state index in [2.05, 4.69) is 36.0 Å². The van der Waals surface area contributed by atoms with Gasteiger partial charge in [0.25, 0.3) is 5.91 Å². The van der Waals surface area contributed by atoms with Gasteiger partial charge in [0.2, 0.25) is 5.91 Å². The highest BCUT2D eigenvalue weighted by Crippen LogP contribution is 2.47. The van der Waals surface area contributed by atoms with Crippen LogP contribution in [0.5, 0.6) is 5.75 Å². The third-order valence-corrected chi connectivity index (χ3v) is 6.49. The maximum Gasteiger partial charge on any atom is 0.259 e. The van der Waals surface area contributed by atoms with Crippen LogP contribution in [0.4, 0.5) is 5.69 Å². The van der Waals surface area contributed by atoms with E-state index in [0.29, 0.717) is 11.5 Å². The maximum absolute atomic E-state index is 13.4. The molecule has 0 aliphatic carbocycles. The van der Waals surface area contributed by atoms with Gasteiger partial charge >= 0.3 is 0 Å². The van der Waals surface area contributed by atoms with Crippen LogP contribution in [-0.2, 0) is 16.1 Å². The van der Waals surface area contributed by atoms with E-state index in [1.807, 2.05) is 12.1 Å². The lowest BCUT2D eigenvalue weighted by molar-refractivity contribution is -0.139. The van der Waals surface area contributed by atoms with Gasteiger partial charge in [-0.15, -0.1) is 0 Å². The van der Waals surface area contributed by atoms with Gasteiger partial charge in [-0.3, -0.25) is 14.5 Å². The van der Waals surface area contributed by atoms with Crippen LogP contribution in [-0.4, -0.2) is 32.9 Å². The number of benzene rings is 2. The second kappa shape index (κ2) is 7.41. The number of hydrogen-bond acceptors (Lipinski definition) is 4. The second-order valence-corrected chi connectivity index (χ2v) is 9.31. The highest BCUT2D eigenvalue weighted by Gasteiger charge is 2.41. The van der Waals surface area contributed by atoms with Crippen molar-refractivity contribution in [2.45, 2.75) is 33.2 Å². The van der Waals surface area contributed by atoms with Crippen LogP contribution in [0.2, 0.25) is 5.02 Å². The largest absolute Gasteiger partial charge is 0.506 e. The van der Waals surface area contributed by atoms with Gasteiger partial charge in [0, 0.05) is 42.4 Å². The Morgan fingerprint density at radius 3 is 2.75 bits per heavy atom. The molecule has 6 nitrogen and oxygen atoms in total. The van der Waals surface area contributed by atoms with Crippen molar-refractivity contribution in [3.8, 4) is 5.75 Å². The summed E-state index contributed by atoms with van der Waals surface area (Å²) in [4.78, 5) is 26.9. The highest BCUT2D eigenvalue weighted by molar-refractivity contribution is 6.32. The van der Waals surface area contributed by atoms with Crippen LogP contribution in [0.3, 0.4) is 0 Å². The number of carbonyl (C=O) groups excluding carboxylic acids is 2. The fraction of sp³-hybridized carbons (Fsp3) is 0.280. The Balaban J connectivity index is 1.80. The van der Waals surface area contributed by atoms with Crippen molar-refractivity contribution in [1.82, 2.24) is 9.47 Å². The smallest absolute Gasteiger partial charge is 0.259 e. The number of hydrogen-bond donors (Lipinski definition) is 2. The number of phenols is 1. The highest BCUT2D eigenvalue weighted by atomic mass is 35.5. The van der Waals surface area contributed by atoms with Crippen LogP contribution in [0.25, 0.3) is 10.9 Å². The Labute approximate surface area is 191 Å². The van der Waals surface area contributed by atoms with E-state index in [9.17, 15) is 14.7 Å². The van der Waals surface area contributed by atoms with Gasteiger partial charge in [-0.25, -0.2) is 0 Å². The predicted octanol–water partition coefficient (Wildman–Crippen LogP) is 4.86. The molecule has 1 atom stereocenters. The van der Waals surface area contributed by atoms with E-state index in [1.165, 1.54) is 11.8 Å². The van der Waals surface area contributed by atoms with Crippen LogP contribution in [0, 0.1) is 5.92 Å². The summed E-state index contributed by atoms with van der Waals surface area (Å²) >= 11 is 6.27. The normalized spacial score (nSPS) is 17.7. The fourth-order valence-electron chi connectivity index (χ4n) is 4.87. The zero-order valence-electron chi connectivity index (χ0n) is 18.1. The van der Waals surface area contributed by atoms with E-state index in [0.717, 1.165) is 40.0 Å². The SMILES string of the molecule is CC(=O)N1CC2=C(C1=O)C(c1ccc(O)c(Cl)c1)c1cn(CC(C)C)c3cccc(c13)N2. The molecule has 2 amide bonds. The molecule has 1 unspecified atom stereocenters. The maximum atomic E-state index is 13.4. The number of imide groups is 1. The van der Waals surface area contributed by atoms with Gasteiger partial charge < -0.3 is 15.0 Å². The summed E-state index contributed by atoms with van der Waals surface area (Å²) in [6, 6.07) is 11.1. The Morgan fingerprint density at radius 2 is 2.06 bits per heavy atom. The summed E-state index contributed by atoms with van der Waals surface area (Å²) in [5.74, 6) is -0.583. The van der Waals surface area contributed by atoms with Crippen molar-refractivity contribution >= 4 is 40.0 Å². The summed E-state index contributed by atoms with van der Waals surface area (Å²) < 4.78 is 2.23. The number of phenolic OH excluding ortho intramolecular Hbond substituents is 1. The third kappa shape index (κ3) is 3.09. The number of amides is 2. The molecule has 0 saturated carbocycles. The van der Waals surface area contributed by atoms with Crippen LogP contribution < -0.4 is 5.32 Å². The Hall–Kier alpha value is -3.25. The van der Waals surface area contributed by atoms with Crippen molar-refractivity contribution in [3.63, 3.8) is 0 Å². The van der Waals surface area contributed by atoms with Crippen molar-refractivity contribution < 1.29 is 14.7 Å². The molecular formula is C25H24ClN3O3. The number of aromatic nitrogens is 1. The molecule has 0 saturated heterocycles. The molecule has 0 fully saturated rings. The molecule has 164 valence electrons. The summed E-state index contributed by atoms with van der Waals surface area (Å²) in [7, 11) is 0. The van der Waals surface area contributed by atoms with E-state index in [1.54, 1.807) is 18.2 Å². The number of carbonyl (C=O) groups is 2. The molecule has 3 heterocycles. The molecule has 32 heavy (non-hydrogen) atoms. The van der Waals surface area contributed by atoms with Crippen LogP contribution in [0.1, 0.15) is 37.8 Å². The van der Waals surface area contributed by atoms with Gasteiger partial charge in [-0.05, 0) is 41.3 Å². The molecule has 0 radical (unpaired) electrons. The molecule has 7 heteroatoms. The molecule has 2 aromatic carbocycles. The zero-order chi connectivity index (χ0) is 22.7. The Morgan fingerprint density at radius 1 is 1.28 bits per heavy atom. The van der Waals surface area contributed by atoms with E-state index in [4.69, 9.17) is 11.6 Å².